The minimum atomic E-state index is 0.326. The molecule has 0 radical (unpaired) electrons. The van der Waals surface area contributed by atoms with Crippen LogP contribution in [0.15, 0.2) is 6.07 Å². The Morgan fingerprint density at radius 1 is 1.33 bits per heavy atom. The van der Waals surface area contributed by atoms with E-state index in [1.807, 2.05) is 13.0 Å². The maximum atomic E-state index is 5.58. The molecule has 5 nitrogen and oxygen atoms in total. The van der Waals surface area contributed by atoms with E-state index in [0.29, 0.717) is 6.10 Å². The lowest BCUT2D eigenvalue weighted by atomic mass is 10.2. The number of rotatable bonds is 6. The van der Waals surface area contributed by atoms with Gasteiger partial charge in [0.05, 0.1) is 6.10 Å². The molecule has 0 amide bonds. The van der Waals surface area contributed by atoms with Gasteiger partial charge in [0.25, 0.3) is 0 Å². The SMILES string of the molecule is CCCNc1cc(NCC2CCCO2)nc(C)n1. The molecule has 5 heteroatoms. The van der Waals surface area contributed by atoms with E-state index in [-0.39, 0.29) is 0 Å². The van der Waals surface area contributed by atoms with Crippen molar-refractivity contribution in [2.45, 2.75) is 39.2 Å². The van der Waals surface area contributed by atoms with Gasteiger partial charge in [0.1, 0.15) is 17.5 Å². The molecule has 1 saturated heterocycles. The third kappa shape index (κ3) is 3.84. The lowest BCUT2D eigenvalue weighted by Crippen LogP contribution is -2.19. The van der Waals surface area contributed by atoms with Crippen LogP contribution in [0.5, 0.6) is 0 Å². The molecule has 0 saturated carbocycles. The van der Waals surface area contributed by atoms with E-state index in [4.69, 9.17) is 4.74 Å². The molecule has 0 aliphatic carbocycles. The second kappa shape index (κ2) is 6.54. The van der Waals surface area contributed by atoms with Gasteiger partial charge in [-0.25, -0.2) is 9.97 Å². The molecular formula is C13H22N4O. The van der Waals surface area contributed by atoms with Gasteiger partial charge in [-0.1, -0.05) is 6.92 Å². The number of hydrogen-bond acceptors (Lipinski definition) is 5. The summed E-state index contributed by atoms with van der Waals surface area (Å²) in [7, 11) is 0. The lowest BCUT2D eigenvalue weighted by molar-refractivity contribution is 0.120. The van der Waals surface area contributed by atoms with Crippen molar-refractivity contribution in [3.8, 4) is 0 Å². The van der Waals surface area contributed by atoms with Crippen LogP contribution in [0.3, 0.4) is 0 Å². The molecule has 2 N–H and O–H groups in total. The third-order valence-electron chi connectivity index (χ3n) is 2.93. The summed E-state index contributed by atoms with van der Waals surface area (Å²) in [5, 5.41) is 6.61. The summed E-state index contributed by atoms with van der Waals surface area (Å²) in [6.45, 7) is 6.69. The number of nitrogens with zero attached hydrogens (tertiary/aromatic N) is 2. The first-order valence-electron chi connectivity index (χ1n) is 6.73. The standard InChI is InChI=1S/C13H22N4O/c1-3-6-14-12-8-13(17-10(2)16-12)15-9-11-5-4-7-18-11/h8,11H,3-7,9H2,1-2H3,(H2,14,15,16,17). The maximum Gasteiger partial charge on any atom is 0.131 e. The van der Waals surface area contributed by atoms with Crippen LogP contribution in [-0.4, -0.2) is 35.8 Å². The normalized spacial score (nSPS) is 18.9. The Morgan fingerprint density at radius 2 is 2.11 bits per heavy atom. The van der Waals surface area contributed by atoms with Crippen molar-refractivity contribution in [2.24, 2.45) is 0 Å². The van der Waals surface area contributed by atoms with E-state index < -0.39 is 0 Å². The van der Waals surface area contributed by atoms with Crippen LogP contribution >= 0.6 is 0 Å². The van der Waals surface area contributed by atoms with Gasteiger partial charge in [-0.2, -0.15) is 0 Å². The Morgan fingerprint density at radius 3 is 2.78 bits per heavy atom. The van der Waals surface area contributed by atoms with Crippen molar-refractivity contribution in [2.75, 3.05) is 30.3 Å². The first kappa shape index (κ1) is 13.1. The van der Waals surface area contributed by atoms with E-state index >= 15 is 0 Å². The van der Waals surface area contributed by atoms with Crippen molar-refractivity contribution in [1.82, 2.24) is 9.97 Å². The molecule has 0 aromatic carbocycles. The molecule has 1 aromatic rings. The van der Waals surface area contributed by atoms with Crippen LogP contribution in [0.1, 0.15) is 32.0 Å². The van der Waals surface area contributed by atoms with E-state index in [1.54, 1.807) is 0 Å². The number of aromatic nitrogens is 2. The molecule has 1 unspecified atom stereocenters. The predicted molar refractivity (Wildman–Crippen MR) is 73.0 cm³/mol. The van der Waals surface area contributed by atoms with Crippen molar-refractivity contribution >= 4 is 11.6 Å². The Bertz CT molecular complexity index is 377. The summed E-state index contributed by atoms with van der Waals surface area (Å²) in [5.41, 5.74) is 0. The number of ether oxygens (including phenoxy) is 1. The fraction of sp³-hybridized carbons (Fsp3) is 0.692. The zero-order valence-electron chi connectivity index (χ0n) is 11.2. The van der Waals surface area contributed by atoms with Crippen LogP contribution in [0.4, 0.5) is 11.6 Å². The highest BCUT2D eigenvalue weighted by Gasteiger charge is 2.15. The molecular weight excluding hydrogens is 228 g/mol. The minimum absolute atomic E-state index is 0.326. The summed E-state index contributed by atoms with van der Waals surface area (Å²) in [5.74, 6) is 2.54. The van der Waals surface area contributed by atoms with E-state index in [2.05, 4.69) is 27.5 Å². The molecule has 1 aromatic heterocycles. The monoisotopic (exact) mass is 250 g/mol. The lowest BCUT2D eigenvalue weighted by Gasteiger charge is -2.13. The molecule has 1 aliphatic heterocycles. The average molecular weight is 250 g/mol. The fourth-order valence-electron chi connectivity index (χ4n) is 2.03. The highest BCUT2D eigenvalue weighted by Crippen LogP contribution is 2.15. The van der Waals surface area contributed by atoms with Crippen molar-refractivity contribution < 1.29 is 4.74 Å². The first-order chi connectivity index (χ1) is 8.78. The number of anilines is 2. The van der Waals surface area contributed by atoms with E-state index in [1.165, 1.54) is 6.42 Å². The summed E-state index contributed by atoms with van der Waals surface area (Å²) in [6, 6.07) is 1.96. The molecule has 0 bridgehead atoms. The molecule has 1 atom stereocenters. The number of hydrogen-bond donors (Lipinski definition) is 2. The van der Waals surface area contributed by atoms with Crippen molar-refractivity contribution in [1.29, 1.82) is 0 Å². The summed E-state index contributed by atoms with van der Waals surface area (Å²) in [4.78, 5) is 8.74. The molecule has 2 heterocycles. The zero-order valence-corrected chi connectivity index (χ0v) is 11.2. The maximum absolute atomic E-state index is 5.58. The number of aryl methyl sites for hydroxylation is 1. The van der Waals surface area contributed by atoms with Crippen LogP contribution < -0.4 is 10.6 Å². The van der Waals surface area contributed by atoms with Crippen molar-refractivity contribution in [3.05, 3.63) is 11.9 Å². The molecule has 1 fully saturated rings. The molecule has 2 rings (SSSR count). The van der Waals surface area contributed by atoms with Gasteiger partial charge in [0, 0.05) is 25.8 Å². The largest absolute Gasteiger partial charge is 0.376 e. The van der Waals surface area contributed by atoms with Crippen LogP contribution in [0, 0.1) is 6.92 Å². The molecule has 0 spiro atoms. The molecule has 1 aliphatic rings. The third-order valence-corrected chi connectivity index (χ3v) is 2.93. The second-order valence-corrected chi connectivity index (χ2v) is 4.63. The average Bonchev–Trinajstić information content (AvgIpc) is 2.86. The van der Waals surface area contributed by atoms with Crippen molar-refractivity contribution in [3.63, 3.8) is 0 Å². The van der Waals surface area contributed by atoms with Gasteiger partial charge in [0.2, 0.25) is 0 Å². The van der Waals surface area contributed by atoms with Gasteiger partial charge in [0.15, 0.2) is 0 Å². The highest BCUT2D eigenvalue weighted by molar-refractivity contribution is 5.47. The number of nitrogens with one attached hydrogen (secondary N) is 2. The van der Waals surface area contributed by atoms with Gasteiger partial charge in [-0.15, -0.1) is 0 Å². The first-order valence-corrected chi connectivity index (χ1v) is 6.73. The summed E-state index contributed by atoms with van der Waals surface area (Å²) < 4.78 is 5.58. The van der Waals surface area contributed by atoms with Gasteiger partial charge in [-0.3, -0.25) is 0 Å². The quantitative estimate of drug-likeness (QED) is 0.810. The topological polar surface area (TPSA) is 59.1 Å². The fourth-order valence-corrected chi connectivity index (χ4v) is 2.03. The Balaban J connectivity index is 1.91. The highest BCUT2D eigenvalue weighted by atomic mass is 16.5. The Hall–Kier alpha value is -1.36. The minimum Gasteiger partial charge on any atom is -0.376 e. The molecule has 100 valence electrons. The zero-order chi connectivity index (χ0) is 12.8. The van der Waals surface area contributed by atoms with E-state index in [0.717, 1.165) is 50.0 Å². The smallest absolute Gasteiger partial charge is 0.131 e. The van der Waals surface area contributed by atoms with Crippen LogP contribution in [-0.2, 0) is 4.74 Å². The second-order valence-electron chi connectivity index (χ2n) is 4.63. The van der Waals surface area contributed by atoms with Gasteiger partial charge in [-0.05, 0) is 26.2 Å². The van der Waals surface area contributed by atoms with Crippen LogP contribution in [0.2, 0.25) is 0 Å². The summed E-state index contributed by atoms with van der Waals surface area (Å²) in [6.07, 6.45) is 3.71. The Kier molecular flexibility index (Phi) is 4.75. The predicted octanol–water partition coefficient (Wildman–Crippen LogP) is 2.20. The van der Waals surface area contributed by atoms with Crippen LogP contribution in [0.25, 0.3) is 0 Å². The molecule has 18 heavy (non-hydrogen) atoms. The van der Waals surface area contributed by atoms with Gasteiger partial charge >= 0.3 is 0 Å². The Labute approximate surface area is 108 Å². The summed E-state index contributed by atoms with van der Waals surface area (Å²) >= 11 is 0. The van der Waals surface area contributed by atoms with E-state index in [9.17, 15) is 0 Å². The van der Waals surface area contributed by atoms with Gasteiger partial charge < -0.3 is 15.4 Å².